The molecule has 102 valence electrons. The number of rotatable bonds is 2. The predicted octanol–water partition coefficient (Wildman–Crippen LogP) is 2.83. The van der Waals surface area contributed by atoms with Crippen molar-refractivity contribution in [3.8, 4) is 11.3 Å². The fourth-order valence-electron chi connectivity index (χ4n) is 3.31. The smallest absolute Gasteiger partial charge is 0.258 e. The first-order chi connectivity index (χ1) is 9.84. The number of aromatic nitrogens is 4. The van der Waals surface area contributed by atoms with Gasteiger partial charge in [-0.1, -0.05) is 12.8 Å². The van der Waals surface area contributed by atoms with Crippen molar-refractivity contribution >= 4 is 10.9 Å². The lowest BCUT2D eigenvalue weighted by Crippen LogP contribution is -2.07. The molecule has 5 heteroatoms. The van der Waals surface area contributed by atoms with E-state index in [0.717, 1.165) is 22.2 Å². The number of nitrogens with zero attached hydrogens (tertiary/aromatic N) is 2. The maximum Gasteiger partial charge on any atom is 0.258 e. The third-order valence-electron chi connectivity index (χ3n) is 4.26. The third-order valence-corrected chi connectivity index (χ3v) is 4.26. The van der Waals surface area contributed by atoms with Gasteiger partial charge >= 0.3 is 0 Å². The second-order valence-corrected chi connectivity index (χ2v) is 5.43. The molecule has 0 spiro atoms. The molecule has 0 bridgehead atoms. The fraction of sp³-hybridized carbons (Fsp3) is 0.333. The van der Waals surface area contributed by atoms with Crippen LogP contribution in [-0.4, -0.2) is 19.7 Å². The summed E-state index contributed by atoms with van der Waals surface area (Å²) in [5.41, 5.74) is 2.81. The number of hydrogen-bond acceptors (Lipinski definition) is 2. The van der Waals surface area contributed by atoms with E-state index in [4.69, 9.17) is 0 Å². The topological polar surface area (TPSA) is 66.5 Å². The van der Waals surface area contributed by atoms with Gasteiger partial charge in [0.1, 0.15) is 0 Å². The summed E-state index contributed by atoms with van der Waals surface area (Å²) in [7, 11) is 0. The highest BCUT2D eigenvalue weighted by Gasteiger charge is 2.22. The van der Waals surface area contributed by atoms with Crippen LogP contribution in [0.3, 0.4) is 0 Å². The first kappa shape index (κ1) is 11.5. The Kier molecular flexibility index (Phi) is 2.52. The standard InChI is InChI=1S/C15H16N4O/c20-15-14-11(12-5-8-17-18-12)9-19(10-3-1-2-4-10)13(14)6-7-16-15/h5-10H,1-4H2,(H,16,20)(H,17,18). The maximum atomic E-state index is 12.2. The molecule has 0 atom stereocenters. The van der Waals surface area contributed by atoms with Crippen LogP contribution >= 0.6 is 0 Å². The van der Waals surface area contributed by atoms with Gasteiger partial charge in [-0.05, 0) is 25.0 Å². The monoisotopic (exact) mass is 268 g/mol. The molecule has 0 aromatic carbocycles. The van der Waals surface area contributed by atoms with E-state index in [9.17, 15) is 4.79 Å². The molecule has 20 heavy (non-hydrogen) atoms. The Bertz CT molecular complexity index is 791. The Morgan fingerprint density at radius 2 is 2.10 bits per heavy atom. The van der Waals surface area contributed by atoms with Gasteiger partial charge in [0.15, 0.2) is 0 Å². The zero-order valence-corrected chi connectivity index (χ0v) is 11.1. The largest absolute Gasteiger partial charge is 0.344 e. The van der Waals surface area contributed by atoms with Crippen LogP contribution in [0.25, 0.3) is 22.2 Å². The Hall–Kier alpha value is -2.30. The summed E-state index contributed by atoms with van der Waals surface area (Å²) in [5, 5.41) is 7.71. The molecule has 5 nitrogen and oxygen atoms in total. The lowest BCUT2D eigenvalue weighted by atomic mass is 10.1. The number of pyridine rings is 1. The fourth-order valence-corrected chi connectivity index (χ4v) is 3.31. The Morgan fingerprint density at radius 1 is 1.25 bits per heavy atom. The zero-order chi connectivity index (χ0) is 13.5. The first-order valence-electron chi connectivity index (χ1n) is 7.06. The predicted molar refractivity (Wildman–Crippen MR) is 77.6 cm³/mol. The van der Waals surface area contributed by atoms with Gasteiger partial charge in [-0.15, -0.1) is 0 Å². The molecule has 3 aromatic heterocycles. The van der Waals surface area contributed by atoms with Crippen molar-refractivity contribution in [1.82, 2.24) is 19.7 Å². The summed E-state index contributed by atoms with van der Waals surface area (Å²) in [6.45, 7) is 0. The highest BCUT2D eigenvalue weighted by molar-refractivity contribution is 5.94. The summed E-state index contributed by atoms with van der Waals surface area (Å²) in [6, 6.07) is 4.41. The summed E-state index contributed by atoms with van der Waals surface area (Å²) >= 11 is 0. The molecule has 1 saturated carbocycles. The van der Waals surface area contributed by atoms with Crippen molar-refractivity contribution in [2.75, 3.05) is 0 Å². The zero-order valence-electron chi connectivity index (χ0n) is 11.1. The van der Waals surface area contributed by atoms with Crippen LogP contribution in [0.1, 0.15) is 31.7 Å². The van der Waals surface area contributed by atoms with Crippen LogP contribution in [0.5, 0.6) is 0 Å². The lowest BCUT2D eigenvalue weighted by Gasteiger charge is -2.12. The van der Waals surface area contributed by atoms with Gasteiger partial charge in [-0.3, -0.25) is 9.89 Å². The van der Waals surface area contributed by atoms with Crippen LogP contribution in [0.4, 0.5) is 0 Å². The van der Waals surface area contributed by atoms with E-state index >= 15 is 0 Å². The number of aromatic amines is 2. The van der Waals surface area contributed by atoms with Crippen LogP contribution in [0.15, 0.2) is 35.5 Å². The normalized spacial score (nSPS) is 16.2. The van der Waals surface area contributed by atoms with Crippen molar-refractivity contribution < 1.29 is 0 Å². The van der Waals surface area contributed by atoms with E-state index in [0.29, 0.717) is 6.04 Å². The molecule has 0 amide bonds. The minimum atomic E-state index is -0.0381. The van der Waals surface area contributed by atoms with Crippen molar-refractivity contribution in [2.24, 2.45) is 0 Å². The Morgan fingerprint density at radius 3 is 2.85 bits per heavy atom. The molecule has 1 fully saturated rings. The first-order valence-corrected chi connectivity index (χ1v) is 7.06. The van der Waals surface area contributed by atoms with Gasteiger partial charge in [0, 0.05) is 30.2 Å². The minimum Gasteiger partial charge on any atom is -0.344 e. The van der Waals surface area contributed by atoms with Crippen LogP contribution in [0, 0.1) is 0 Å². The van der Waals surface area contributed by atoms with Gasteiger partial charge in [-0.2, -0.15) is 5.10 Å². The van der Waals surface area contributed by atoms with Crippen molar-refractivity contribution in [3.63, 3.8) is 0 Å². The Balaban J connectivity index is 2.02. The summed E-state index contributed by atoms with van der Waals surface area (Å²) in [4.78, 5) is 15.0. The van der Waals surface area contributed by atoms with E-state index < -0.39 is 0 Å². The highest BCUT2D eigenvalue weighted by atomic mass is 16.1. The van der Waals surface area contributed by atoms with Gasteiger partial charge in [0.2, 0.25) is 0 Å². The second kappa shape index (κ2) is 4.37. The van der Waals surface area contributed by atoms with Crippen molar-refractivity contribution in [2.45, 2.75) is 31.7 Å². The molecule has 2 N–H and O–H groups in total. The lowest BCUT2D eigenvalue weighted by molar-refractivity contribution is 0.536. The van der Waals surface area contributed by atoms with Crippen LogP contribution < -0.4 is 5.56 Å². The molecule has 3 aromatic rings. The molecule has 0 aliphatic heterocycles. The number of fused-ring (bicyclic) bond motifs is 1. The molecule has 0 unspecified atom stereocenters. The molecule has 4 rings (SSSR count). The van der Waals surface area contributed by atoms with Gasteiger partial charge in [0.05, 0.1) is 16.6 Å². The molecule has 0 saturated heterocycles. The average Bonchev–Trinajstić information content (AvgIpc) is 3.19. The van der Waals surface area contributed by atoms with Crippen molar-refractivity contribution in [3.05, 3.63) is 41.1 Å². The SMILES string of the molecule is O=c1[nH]ccc2c1c(-c1ccn[nH]1)cn2C1CCCC1. The third kappa shape index (κ3) is 1.62. The maximum absolute atomic E-state index is 12.2. The summed E-state index contributed by atoms with van der Waals surface area (Å²) in [5.74, 6) is 0. The van der Waals surface area contributed by atoms with E-state index in [1.54, 1.807) is 12.4 Å². The molecule has 0 radical (unpaired) electrons. The Labute approximate surface area is 115 Å². The highest BCUT2D eigenvalue weighted by Crippen LogP contribution is 2.35. The van der Waals surface area contributed by atoms with Crippen molar-refractivity contribution in [1.29, 1.82) is 0 Å². The number of H-pyrrole nitrogens is 2. The summed E-state index contributed by atoms with van der Waals surface area (Å²) < 4.78 is 2.27. The molecule has 3 heterocycles. The van der Waals surface area contributed by atoms with Gasteiger partial charge < -0.3 is 9.55 Å². The van der Waals surface area contributed by atoms with Crippen LogP contribution in [-0.2, 0) is 0 Å². The van der Waals surface area contributed by atoms with E-state index in [1.165, 1.54) is 25.7 Å². The molecular formula is C15H16N4O. The number of hydrogen-bond donors (Lipinski definition) is 2. The minimum absolute atomic E-state index is 0.0381. The molecule has 1 aliphatic carbocycles. The average molecular weight is 268 g/mol. The molecular weight excluding hydrogens is 252 g/mol. The van der Waals surface area contributed by atoms with E-state index in [2.05, 4.69) is 25.9 Å². The number of nitrogens with one attached hydrogen (secondary N) is 2. The van der Waals surface area contributed by atoms with Gasteiger partial charge in [0.25, 0.3) is 5.56 Å². The van der Waals surface area contributed by atoms with E-state index in [-0.39, 0.29) is 5.56 Å². The van der Waals surface area contributed by atoms with Gasteiger partial charge in [-0.25, -0.2) is 0 Å². The molecule has 1 aliphatic rings. The second-order valence-electron chi connectivity index (χ2n) is 5.43. The quantitative estimate of drug-likeness (QED) is 0.750. The van der Waals surface area contributed by atoms with Crippen LogP contribution in [0.2, 0.25) is 0 Å². The summed E-state index contributed by atoms with van der Waals surface area (Å²) in [6.07, 6.45) is 10.5. The van der Waals surface area contributed by atoms with E-state index in [1.807, 2.05) is 12.1 Å².